The van der Waals surface area contributed by atoms with Gasteiger partial charge in [-0.15, -0.1) is 5.10 Å². The second kappa shape index (κ2) is 6.83. The van der Waals surface area contributed by atoms with Gasteiger partial charge in [0.05, 0.1) is 5.69 Å². The molecule has 138 valence electrons. The number of benzene rings is 1. The SMILES string of the molecule is Cc1c(C(=O)N2CCC3(CCCN(Cc4ccccc4)C3)C2)nnn1C. The molecular weight excluding hydrogens is 326 g/mol. The van der Waals surface area contributed by atoms with Crippen LogP contribution in [0.2, 0.25) is 0 Å². The van der Waals surface area contributed by atoms with E-state index >= 15 is 0 Å². The molecule has 1 atom stereocenters. The molecule has 26 heavy (non-hydrogen) atoms. The monoisotopic (exact) mass is 353 g/mol. The van der Waals surface area contributed by atoms with Crippen LogP contribution in [0.25, 0.3) is 0 Å². The minimum atomic E-state index is 0.0349. The number of likely N-dealkylation sites (tertiary alicyclic amines) is 2. The van der Waals surface area contributed by atoms with Crippen molar-refractivity contribution in [3.8, 4) is 0 Å². The Balaban J connectivity index is 1.43. The fourth-order valence-electron chi connectivity index (χ4n) is 4.48. The summed E-state index contributed by atoms with van der Waals surface area (Å²) in [5, 5.41) is 8.06. The van der Waals surface area contributed by atoms with Crippen LogP contribution in [0.3, 0.4) is 0 Å². The van der Waals surface area contributed by atoms with Crippen molar-refractivity contribution in [2.24, 2.45) is 12.5 Å². The highest BCUT2D eigenvalue weighted by atomic mass is 16.2. The molecule has 2 aliphatic rings. The maximum absolute atomic E-state index is 12.9. The van der Waals surface area contributed by atoms with Gasteiger partial charge in [0, 0.05) is 38.6 Å². The van der Waals surface area contributed by atoms with Crippen molar-refractivity contribution in [3.63, 3.8) is 0 Å². The van der Waals surface area contributed by atoms with E-state index in [1.165, 1.54) is 18.4 Å². The molecule has 4 rings (SSSR count). The van der Waals surface area contributed by atoms with Gasteiger partial charge in [-0.3, -0.25) is 14.4 Å². The standard InChI is InChI=1S/C20H27N5O/c1-16-18(21-22-23(16)2)19(26)25-12-10-20(15-25)9-6-11-24(14-20)13-17-7-4-3-5-8-17/h3-5,7-8H,6,9-15H2,1-2H3. The number of hydrogen-bond donors (Lipinski definition) is 0. The predicted octanol–water partition coefficient (Wildman–Crippen LogP) is 2.25. The Labute approximate surface area is 154 Å². The summed E-state index contributed by atoms with van der Waals surface area (Å²) in [7, 11) is 1.83. The highest BCUT2D eigenvalue weighted by molar-refractivity contribution is 5.93. The number of rotatable bonds is 3. The quantitative estimate of drug-likeness (QED) is 0.849. The van der Waals surface area contributed by atoms with E-state index < -0.39 is 0 Å². The lowest BCUT2D eigenvalue weighted by Gasteiger charge is -2.40. The summed E-state index contributed by atoms with van der Waals surface area (Å²) in [5.41, 5.74) is 2.94. The molecule has 1 unspecified atom stereocenters. The zero-order valence-corrected chi connectivity index (χ0v) is 15.7. The van der Waals surface area contributed by atoms with Gasteiger partial charge in [-0.1, -0.05) is 35.5 Å². The van der Waals surface area contributed by atoms with E-state index in [9.17, 15) is 4.79 Å². The minimum absolute atomic E-state index is 0.0349. The van der Waals surface area contributed by atoms with Crippen molar-refractivity contribution in [1.29, 1.82) is 0 Å². The molecule has 0 aliphatic carbocycles. The van der Waals surface area contributed by atoms with E-state index in [4.69, 9.17) is 0 Å². The predicted molar refractivity (Wildman–Crippen MR) is 99.6 cm³/mol. The normalized spacial score (nSPS) is 23.7. The van der Waals surface area contributed by atoms with Gasteiger partial charge in [0.25, 0.3) is 5.91 Å². The summed E-state index contributed by atoms with van der Waals surface area (Å²) in [4.78, 5) is 17.4. The van der Waals surface area contributed by atoms with Gasteiger partial charge < -0.3 is 4.90 Å². The Bertz CT molecular complexity index is 787. The van der Waals surface area contributed by atoms with Crippen molar-refractivity contribution < 1.29 is 4.79 Å². The summed E-state index contributed by atoms with van der Waals surface area (Å²) in [6.07, 6.45) is 3.50. The van der Waals surface area contributed by atoms with Crippen LogP contribution in [-0.4, -0.2) is 56.9 Å². The third kappa shape index (κ3) is 3.26. The van der Waals surface area contributed by atoms with E-state index in [0.717, 1.165) is 44.8 Å². The van der Waals surface area contributed by atoms with Crippen molar-refractivity contribution in [3.05, 3.63) is 47.3 Å². The molecule has 1 aromatic heterocycles. The second-order valence-electron chi connectivity index (χ2n) is 7.92. The maximum Gasteiger partial charge on any atom is 0.276 e. The fraction of sp³-hybridized carbons (Fsp3) is 0.550. The summed E-state index contributed by atoms with van der Waals surface area (Å²) in [6.45, 7) is 6.79. The van der Waals surface area contributed by atoms with Gasteiger partial charge in [0.1, 0.15) is 0 Å². The Morgan fingerprint density at radius 3 is 2.69 bits per heavy atom. The first-order valence-electron chi connectivity index (χ1n) is 9.48. The van der Waals surface area contributed by atoms with Gasteiger partial charge >= 0.3 is 0 Å². The van der Waals surface area contributed by atoms with Crippen LogP contribution in [0.15, 0.2) is 30.3 Å². The van der Waals surface area contributed by atoms with Crippen molar-refractivity contribution in [2.75, 3.05) is 26.2 Å². The third-order valence-electron chi connectivity index (χ3n) is 6.02. The highest BCUT2D eigenvalue weighted by Crippen LogP contribution is 2.39. The molecule has 6 nitrogen and oxygen atoms in total. The number of carbonyl (C=O) groups excluding carboxylic acids is 1. The molecule has 1 amide bonds. The third-order valence-corrected chi connectivity index (χ3v) is 6.02. The van der Waals surface area contributed by atoms with Gasteiger partial charge in [-0.2, -0.15) is 0 Å². The summed E-state index contributed by atoms with van der Waals surface area (Å²) >= 11 is 0. The molecule has 2 fully saturated rings. The molecule has 0 radical (unpaired) electrons. The fourth-order valence-corrected chi connectivity index (χ4v) is 4.48. The molecule has 3 heterocycles. The van der Waals surface area contributed by atoms with Crippen LogP contribution in [0.1, 0.15) is 41.0 Å². The molecule has 1 aromatic carbocycles. The molecular formula is C20H27N5O. The van der Waals surface area contributed by atoms with Crippen LogP contribution in [0.4, 0.5) is 0 Å². The Kier molecular flexibility index (Phi) is 4.53. The Morgan fingerprint density at radius 2 is 1.96 bits per heavy atom. The first kappa shape index (κ1) is 17.2. The lowest BCUT2D eigenvalue weighted by Crippen LogP contribution is -2.45. The first-order valence-corrected chi connectivity index (χ1v) is 9.48. The molecule has 6 heteroatoms. The molecule has 2 aromatic rings. The topological polar surface area (TPSA) is 54.3 Å². The lowest BCUT2D eigenvalue weighted by atomic mass is 9.79. The summed E-state index contributed by atoms with van der Waals surface area (Å²) in [5.74, 6) is 0.0349. The summed E-state index contributed by atoms with van der Waals surface area (Å²) < 4.78 is 1.67. The molecule has 0 bridgehead atoms. The molecule has 2 saturated heterocycles. The van der Waals surface area contributed by atoms with Gasteiger partial charge in [-0.05, 0) is 38.3 Å². The van der Waals surface area contributed by atoms with E-state index in [2.05, 4.69) is 45.5 Å². The lowest BCUT2D eigenvalue weighted by molar-refractivity contribution is 0.0670. The largest absolute Gasteiger partial charge is 0.337 e. The van der Waals surface area contributed by atoms with Crippen molar-refractivity contribution in [1.82, 2.24) is 24.8 Å². The number of amides is 1. The number of nitrogens with zero attached hydrogens (tertiary/aromatic N) is 5. The van der Waals surface area contributed by atoms with Gasteiger partial charge in [0.2, 0.25) is 0 Å². The van der Waals surface area contributed by atoms with Crippen molar-refractivity contribution in [2.45, 2.75) is 32.7 Å². The molecule has 0 saturated carbocycles. The summed E-state index contributed by atoms with van der Waals surface area (Å²) in [6, 6.07) is 10.7. The number of aromatic nitrogens is 3. The van der Waals surface area contributed by atoms with E-state index in [1.54, 1.807) is 4.68 Å². The number of piperidine rings is 1. The van der Waals surface area contributed by atoms with E-state index in [-0.39, 0.29) is 11.3 Å². The number of aryl methyl sites for hydroxylation is 1. The second-order valence-corrected chi connectivity index (χ2v) is 7.92. The smallest absolute Gasteiger partial charge is 0.276 e. The Hall–Kier alpha value is -2.21. The van der Waals surface area contributed by atoms with Gasteiger partial charge in [0.15, 0.2) is 5.69 Å². The first-order chi connectivity index (χ1) is 12.6. The molecule has 2 aliphatic heterocycles. The molecule has 0 N–H and O–H groups in total. The van der Waals surface area contributed by atoms with Gasteiger partial charge in [-0.25, -0.2) is 0 Å². The van der Waals surface area contributed by atoms with Crippen molar-refractivity contribution >= 4 is 5.91 Å². The highest BCUT2D eigenvalue weighted by Gasteiger charge is 2.43. The average Bonchev–Trinajstić information content (AvgIpc) is 3.20. The Morgan fingerprint density at radius 1 is 1.15 bits per heavy atom. The molecule has 1 spiro atoms. The minimum Gasteiger partial charge on any atom is -0.337 e. The number of hydrogen-bond acceptors (Lipinski definition) is 4. The van der Waals surface area contributed by atoms with Crippen LogP contribution in [0, 0.1) is 12.3 Å². The number of carbonyl (C=O) groups is 1. The zero-order chi connectivity index (χ0) is 18.1. The van der Waals surface area contributed by atoms with Crippen LogP contribution in [0.5, 0.6) is 0 Å². The van der Waals surface area contributed by atoms with Crippen LogP contribution < -0.4 is 0 Å². The maximum atomic E-state index is 12.9. The van der Waals surface area contributed by atoms with Crippen LogP contribution >= 0.6 is 0 Å². The van der Waals surface area contributed by atoms with Crippen LogP contribution in [-0.2, 0) is 13.6 Å². The van der Waals surface area contributed by atoms with E-state index in [1.807, 2.05) is 18.9 Å². The van der Waals surface area contributed by atoms with E-state index in [0.29, 0.717) is 5.69 Å². The zero-order valence-electron chi connectivity index (χ0n) is 15.7. The average molecular weight is 353 g/mol.